The fourth-order valence-corrected chi connectivity index (χ4v) is 1.75. The molecule has 0 spiro atoms. The minimum atomic E-state index is 0.516. The molecule has 2 rings (SSSR count). The quantitative estimate of drug-likeness (QED) is 0.754. The molecule has 0 unspecified atom stereocenters. The monoisotopic (exact) mass is 207 g/mol. The van der Waals surface area contributed by atoms with Crippen LogP contribution in [0.2, 0.25) is 0 Å². The zero-order chi connectivity index (χ0) is 9.97. The summed E-state index contributed by atoms with van der Waals surface area (Å²) in [4.78, 5) is 5.38. The van der Waals surface area contributed by atoms with Gasteiger partial charge >= 0.3 is 0 Å². The van der Waals surface area contributed by atoms with Gasteiger partial charge in [-0.05, 0) is 13.0 Å². The Hall–Kier alpha value is -1.49. The first-order chi connectivity index (χ1) is 6.79. The molecule has 0 N–H and O–H groups in total. The molecule has 5 heteroatoms. The number of ether oxygens (including phenoxy) is 1. The van der Waals surface area contributed by atoms with Crippen LogP contribution in [-0.2, 0) is 0 Å². The van der Waals surface area contributed by atoms with Gasteiger partial charge in [0.2, 0.25) is 5.88 Å². The molecule has 0 aliphatic rings. The average Bonchev–Trinajstić information content (AvgIpc) is 2.65. The maximum absolute atomic E-state index is 4.92. The van der Waals surface area contributed by atoms with Crippen LogP contribution in [0.5, 0.6) is 5.88 Å². The summed E-state index contributed by atoms with van der Waals surface area (Å²) in [5.74, 6) is 0.516. The number of methoxy groups -OCH3 is 1. The molecule has 0 saturated heterocycles. The number of hydrogen-bond acceptors (Lipinski definition) is 5. The van der Waals surface area contributed by atoms with E-state index in [0.29, 0.717) is 5.88 Å². The van der Waals surface area contributed by atoms with Gasteiger partial charge in [-0.2, -0.15) is 0 Å². The molecule has 0 aliphatic heterocycles. The highest BCUT2D eigenvalue weighted by Crippen LogP contribution is 2.22. The maximum atomic E-state index is 4.92. The van der Waals surface area contributed by atoms with E-state index < -0.39 is 0 Å². The molecule has 0 amide bonds. The first-order valence-electron chi connectivity index (χ1n) is 4.10. The summed E-state index contributed by atoms with van der Waals surface area (Å²) < 4.78 is 4.92. The van der Waals surface area contributed by atoms with Crippen LogP contribution in [0.3, 0.4) is 0 Å². The predicted molar refractivity (Wildman–Crippen MR) is 54.4 cm³/mol. The van der Waals surface area contributed by atoms with Gasteiger partial charge in [0.1, 0.15) is 10.7 Å². The van der Waals surface area contributed by atoms with Crippen LogP contribution >= 0.6 is 11.3 Å². The van der Waals surface area contributed by atoms with Gasteiger partial charge in [0.25, 0.3) is 0 Å². The normalized spacial score (nSPS) is 10.1. The lowest BCUT2D eigenvalue weighted by Crippen LogP contribution is -1.91. The van der Waals surface area contributed by atoms with Crippen molar-refractivity contribution in [2.24, 2.45) is 0 Å². The second-order valence-corrected chi connectivity index (χ2v) is 3.97. The van der Waals surface area contributed by atoms with Crippen molar-refractivity contribution in [3.8, 4) is 16.6 Å². The molecule has 4 nitrogen and oxygen atoms in total. The Bertz CT molecular complexity index is 424. The zero-order valence-corrected chi connectivity index (χ0v) is 8.71. The molecule has 0 atom stereocenters. The number of nitrogens with zero attached hydrogens (tertiary/aromatic N) is 3. The second-order valence-electron chi connectivity index (χ2n) is 2.74. The predicted octanol–water partition coefficient (Wildman–Crippen LogP) is 1.92. The van der Waals surface area contributed by atoms with Gasteiger partial charge in [0, 0.05) is 17.1 Å². The Kier molecular flexibility index (Phi) is 2.41. The topological polar surface area (TPSA) is 47.9 Å². The van der Waals surface area contributed by atoms with Crippen LogP contribution < -0.4 is 4.74 Å². The van der Waals surface area contributed by atoms with E-state index in [1.807, 2.05) is 19.2 Å². The molecule has 14 heavy (non-hydrogen) atoms. The average molecular weight is 207 g/mol. The third-order valence-corrected chi connectivity index (χ3v) is 2.62. The summed E-state index contributed by atoms with van der Waals surface area (Å²) in [5, 5.41) is 8.77. The lowest BCUT2D eigenvalue weighted by molar-refractivity contribution is 0.392. The highest BCUT2D eigenvalue weighted by atomic mass is 32.1. The molecular formula is C9H9N3OS. The highest BCUT2D eigenvalue weighted by Gasteiger charge is 2.04. The van der Waals surface area contributed by atoms with Crippen LogP contribution in [-0.4, -0.2) is 22.3 Å². The third kappa shape index (κ3) is 1.72. The molecule has 2 aromatic heterocycles. The van der Waals surface area contributed by atoms with Crippen LogP contribution in [0.15, 0.2) is 18.3 Å². The summed E-state index contributed by atoms with van der Waals surface area (Å²) in [7, 11) is 1.57. The summed E-state index contributed by atoms with van der Waals surface area (Å²) in [5.41, 5.74) is 0.781. The van der Waals surface area contributed by atoms with E-state index in [4.69, 9.17) is 4.74 Å². The van der Waals surface area contributed by atoms with Gasteiger partial charge in [-0.3, -0.25) is 0 Å². The summed E-state index contributed by atoms with van der Waals surface area (Å²) in [6, 6.07) is 3.63. The fraction of sp³-hybridized carbons (Fsp3) is 0.222. The number of aromatic nitrogens is 3. The van der Waals surface area contributed by atoms with Gasteiger partial charge < -0.3 is 4.74 Å². The smallest absolute Gasteiger partial charge is 0.233 e. The van der Waals surface area contributed by atoms with E-state index in [-0.39, 0.29) is 0 Å². The Labute approximate surface area is 85.6 Å². The lowest BCUT2D eigenvalue weighted by atomic mass is 10.4. The first-order valence-corrected chi connectivity index (χ1v) is 4.92. The third-order valence-electron chi connectivity index (χ3n) is 1.69. The van der Waals surface area contributed by atoms with Crippen molar-refractivity contribution in [3.05, 3.63) is 23.2 Å². The summed E-state index contributed by atoms with van der Waals surface area (Å²) >= 11 is 1.60. The van der Waals surface area contributed by atoms with Crippen LogP contribution in [0.25, 0.3) is 10.7 Å². The van der Waals surface area contributed by atoms with Gasteiger partial charge in [-0.25, -0.2) is 4.98 Å². The van der Waals surface area contributed by atoms with Gasteiger partial charge in [-0.1, -0.05) is 0 Å². The first kappa shape index (κ1) is 9.08. The maximum Gasteiger partial charge on any atom is 0.233 e. The Morgan fingerprint density at radius 2 is 2.14 bits per heavy atom. The van der Waals surface area contributed by atoms with E-state index >= 15 is 0 Å². The molecule has 0 fully saturated rings. The number of rotatable bonds is 2. The Morgan fingerprint density at radius 1 is 1.29 bits per heavy atom. The van der Waals surface area contributed by atoms with Gasteiger partial charge in [0.05, 0.1) is 7.11 Å². The number of thiazole rings is 1. The Balaban J connectivity index is 2.33. The minimum Gasteiger partial charge on any atom is -0.480 e. The molecule has 2 heterocycles. The van der Waals surface area contributed by atoms with E-state index in [1.165, 1.54) is 0 Å². The summed E-state index contributed by atoms with van der Waals surface area (Å²) in [6.07, 6.45) is 1.83. The van der Waals surface area contributed by atoms with Crippen molar-refractivity contribution in [3.63, 3.8) is 0 Å². The second kappa shape index (κ2) is 3.71. The largest absolute Gasteiger partial charge is 0.480 e. The molecule has 0 saturated carbocycles. The van der Waals surface area contributed by atoms with Gasteiger partial charge in [0.15, 0.2) is 0 Å². The summed E-state index contributed by atoms with van der Waals surface area (Å²) in [6.45, 7) is 2.01. The van der Waals surface area contributed by atoms with Crippen LogP contribution in [0, 0.1) is 6.92 Å². The van der Waals surface area contributed by atoms with E-state index in [0.717, 1.165) is 15.6 Å². The molecule has 2 aromatic rings. The van der Waals surface area contributed by atoms with E-state index in [1.54, 1.807) is 24.5 Å². The zero-order valence-electron chi connectivity index (χ0n) is 7.89. The number of hydrogen-bond donors (Lipinski definition) is 0. The number of aryl methyl sites for hydroxylation is 1. The van der Waals surface area contributed by atoms with Crippen molar-refractivity contribution in [1.82, 2.24) is 15.2 Å². The highest BCUT2D eigenvalue weighted by molar-refractivity contribution is 7.14. The van der Waals surface area contributed by atoms with E-state index in [9.17, 15) is 0 Å². The van der Waals surface area contributed by atoms with Crippen molar-refractivity contribution in [1.29, 1.82) is 0 Å². The lowest BCUT2D eigenvalue weighted by Gasteiger charge is -1.97. The molecule has 72 valence electrons. The van der Waals surface area contributed by atoms with Crippen molar-refractivity contribution < 1.29 is 4.74 Å². The van der Waals surface area contributed by atoms with E-state index in [2.05, 4.69) is 15.2 Å². The van der Waals surface area contributed by atoms with Crippen LogP contribution in [0.4, 0.5) is 0 Å². The molecule has 0 bridgehead atoms. The van der Waals surface area contributed by atoms with Gasteiger partial charge in [-0.15, -0.1) is 21.5 Å². The minimum absolute atomic E-state index is 0.516. The molecule has 0 aromatic carbocycles. The van der Waals surface area contributed by atoms with Crippen LogP contribution in [0.1, 0.15) is 4.88 Å². The Morgan fingerprint density at radius 3 is 2.64 bits per heavy atom. The standard InChI is InChI=1S/C9H9N3OS/c1-6-5-10-9(14-6)7-3-4-8(13-2)12-11-7/h3-5H,1-2H3. The molecule has 0 aliphatic carbocycles. The fourth-order valence-electron chi connectivity index (χ4n) is 1.02. The molecular weight excluding hydrogens is 198 g/mol. The van der Waals surface area contributed by atoms with Crippen molar-refractivity contribution in [2.45, 2.75) is 6.92 Å². The molecule has 0 radical (unpaired) electrons. The van der Waals surface area contributed by atoms with Crippen molar-refractivity contribution in [2.75, 3.05) is 7.11 Å². The van der Waals surface area contributed by atoms with Crippen molar-refractivity contribution >= 4 is 11.3 Å². The SMILES string of the molecule is COc1ccc(-c2ncc(C)s2)nn1.